The zero-order chi connectivity index (χ0) is 67.4. The summed E-state index contributed by atoms with van der Waals surface area (Å²) in [5.41, 5.74) is 12.1. The third-order valence-corrected chi connectivity index (χ3v) is 16.0. The number of fused-ring (bicyclic) bond motifs is 3. The number of rotatable bonds is 21. The molecule has 0 fully saturated rings. The van der Waals surface area contributed by atoms with Crippen LogP contribution < -0.4 is 33.7 Å². The Hall–Kier alpha value is -11.6. The second-order valence-corrected chi connectivity index (χ2v) is 22.1. The molecule has 0 radical (unpaired) electrons. The van der Waals surface area contributed by atoms with Crippen molar-refractivity contribution in [2.24, 2.45) is 7.05 Å². The van der Waals surface area contributed by atoms with Gasteiger partial charge in [-0.05, 0) is 224 Å². The van der Waals surface area contributed by atoms with Crippen LogP contribution in [0.4, 0.5) is 13.2 Å². The molecule has 0 unspecified atom stereocenters. The van der Waals surface area contributed by atoms with Crippen LogP contribution in [0.15, 0.2) is 172 Å². The predicted molar refractivity (Wildman–Crippen MR) is 356 cm³/mol. The van der Waals surface area contributed by atoms with Gasteiger partial charge in [0.2, 0.25) is 17.2 Å². The van der Waals surface area contributed by atoms with Gasteiger partial charge in [0.25, 0.3) is 5.91 Å². The molecule has 0 aliphatic heterocycles. The van der Waals surface area contributed by atoms with Crippen LogP contribution in [0.2, 0.25) is 0 Å². The summed E-state index contributed by atoms with van der Waals surface area (Å²) in [6, 6.07) is 34.5. The highest BCUT2D eigenvalue weighted by atomic mass is 19.1. The van der Waals surface area contributed by atoms with Gasteiger partial charge < -0.3 is 62.5 Å². The van der Waals surface area contributed by atoms with Gasteiger partial charge in [-0.2, -0.15) is 0 Å². The van der Waals surface area contributed by atoms with Crippen molar-refractivity contribution in [2.75, 3.05) is 42.7 Å². The average molecular weight is 1290 g/mol. The number of aromatic nitrogens is 1. The number of phenolic OH excluding ortho intramolecular Hbond substituents is 3. The molecule has 0 spiro atoms. The molecule has 3 aliphatic carbocycles. The summed E-state index contributed by atoms with van der Waals surface area (Å²) in [5.74, 6) is 1.30. The first kappa shape index (κ1) is 66.3. The number of hydrogen-bond acceptors (Lipinski definition) is 14. The van der Waals surface area contributed by atoms with Crippen LogP contribution in [0.1, 0.15) is 86.5 Å². The third kappa shape index (κ3) is 15.5. The highest BCUT2D eigenvalue weighted by Gasteiger charge is 2.27. The summed E-state index contributed by atoms with van der Waals surface area (Å²) in [7, 11) is 10.7. The first-order chi connectivity index (χ1) is 45.9. The standard InChI is InChI=1S/C27H26FNO4.C25H21FO5.C24H20FNO5/c1-29-10-4-5-21(29)16-22(30)8-6-18-14-19-15-20(28)7-9-23(19)24(18)11-17-12-25(32-2)27(31)26(13-17)33-3;1-29-23-9-15(10-24(30-2)25(23)28)8-22-17(11-16-12-18(26)5-6-21(16)22)13-19(27)14-20-4-3-7-31-20;1-29-21-9-14(10-22(30-2)23(21)27)8-19-18-6-5-16(25)11-15(18)12-20(19)24(28)26-13-17-4-3-7-31-17/h4-5,7,9-15,31H,6,8,16H2,1-3H3;3-12,28H,13-14H2,1-2H3;3-12,27H,13H2,1-2H3,(H,26,28)/b24-11-;22-8-;19-8+. The van der Waals surface area contributed by atoms with Crippen LogP contribution in [-0.2, 0) is 40.8 Å². The minimum absolute atomic E-state index is 0.0127. The van der Waals surface area contributed by atoms with E-state index < -0.39 is 0 Å². The lowest BCUT2D eigenvalue weighted by atomic mass is 9.96. The van der Waals surface area contributed by atoms with E-state index in [1.165, 1.54) is 91.6 Å². The lowest BCUT2D eigenvalue weighted by Crippen LogP contribution is -2.24. The van der Waals surface area contributed by atoms with E-state index in [9.17, 15) is 42.9 Å². The van der Waals surface area contributed by atoms with E-state index in [-0.39, 0.29) is 94.6 Å². The molecule has 3 aromatic heterocycles. The largest absolute Gasteiger partial charge is 0.502 e. The lowest BCUT2D eigenvalue weighted by Gasteiger charge is -2.12. The smallest absolute Gasteiger partial charge is 0.252 e. The Morgan fingerprint density at radius 2 is 0.905 bits per heavy atom. The van der Waals surface area contributed by atoms with E-state index in [0.29, 0.717) is 75.7 Å². The SMILES string of the molecule is COc1cc(/C=C2/C(C(=O)NCc3ccco3)=Cc3cc(F)ccc32)cc(OC)c1O.COc1cc(/C=C2/C(CC(=O)Cc3ccco3)=Cc3cc(F)ccc32)cc(OC)c1O.COc1cc(/C=C2/C(CCC(=O)Cc3cccn3C)=Cc3cc(F)ccc32)cc(OC)c1O. The molecule has 16 nitrogen and oxygen atoms in total. The molecule has 486 valence electrons. The average Bonchev–Trinajstić information content (AvgIpc) is 1.66. The molecule has 6 aromatic carbocycles. The first-order valence-corrected chi connectivity index (χ1v) is 29.9. The molecule has 4 N–H and O–H groups in total. The summed E-state index contributed by atoms with van der Waals surface area (Å²) in [6.45, 7) is 0.224. The molecular formula is C76H67F3N2O14. The van der Waals surface area contributed by atoms with E-state index >= 15 is 0 Å². The monoisotopic (exact) mass is 1290 g/mol. The molecule has 0 saturated carbocycles. The molecule has 3 heterocycles. The Kier molecular flexibility index (Phi) is 20.8. The summed E-state index contributed by atoms with van der Waals surface area (Å²) < 4.78 is 85.4. The number of ketones is 2. The number of methoxy groups -OCH3 is 6. The van der Waals surface area contributed by atoms with Crippen LogP contribution in [0.5, 0.6) is 51.7 Å². The number of nitrogens with one attached hydrogen (secondary N) is 1. The first-order valence-electron chi connectivity index (χ1n) is 29.9. The number of aryl methyl sites for hydroxylation is 1. The normalized spacial score (nSPS) is 13.7. The number of carbonyl (C=O) groups excluding carboxylic acids is 3. The van der Waals surface area contributed by atoms with E-state index in [1.54, 1.807) is 91.0 Å². The Balaban J connectivity index is 0.000000155. The van der Waals surface area contributed by atoms with Gasteiger partial charge in [0.05, 0.1) is 68.2 Å². The van der Waals surface area contributed by atoms with Crippen LogP contribution in [0, 0.1) is 17.5 Å². The number of halogens is 3. The molecule has 1 amide bonds. The summed E-state index contributed by atoms with van der Waals surface area (Å²) in [6.07, 6.45) is 17.7. The van der Waals surface area contributed by atoms with Gasteiger partial charge in [-0.15, -0.1) is 0 Å². The number of allylic oxidation sites excluding steroid dienone is 4. The zero-order valence-electron chi connectivity index (χ0n) is 53.0. The summed E-state index contributed by atoms with van der Waals surface area (Å²) in [5, 5.41) is 33.4. The highest BCUT2D eigenvalue weighted by Crippen LogP contribution is 2.46. The van der Waals surface area contributed by atoms with E-state index in [1.807, 2.05) is 54.2 Å². The maximum atomic E-state index is 13.9. The van der Waals surface area contributed by atoms with Crippen LogP contribution in [-0.4, -0.2) is 80.0 Å². The van der Waals surface area contributed by atoms with Gasteiger partial charge in [0.15, 0.2) is 34.5 Å². The number of benzene rings is 6. The minimum atomic E-state index is -0.389. The molecule has 95 heavy (non-hydrogen) atoms. The zero-order valence-corrected chi connectivity index (χ0v) is 53.0. The van der Waals surface area contributed by atoms with Gasteiger partial charge in [0, 0.05) is 43.8 Å². The molecule has 0 atom stereocenters. The molecule has 19 heteroatoms. The van der Waals surface area contributed by atoms with Crippen LogP contribution in [0.25, 0.3) is 53.2 Å². The Morgan fingerprint density at radius 3 is 1.34 bits per heavy atom. The van der Waals surface area contributed by atoms with E-state index in [0.717, 1.165) is 55.8 Å². The minimum Gasteiger partial charge on any atom is -0.502 e. The van der Waals surface area contributed by atoms with Crippen molar-refractivity contribution >= 4 is 70.6 Å². The second kappa shape index (κ2) is 29.8. The van der Waals surface area contributed by atoms with Gasteiger partial charge in [0.1, 0.15) is 40.5 Å². The summed E-state index contributed by atoms with van der Waals surface area (Å²) in [4.78, 5) is 38.2. The van der Waals surface area contributed by atoms with E-state index in [4.69, 9.17) is 37.3 Å². The number of phenols is 3. The van der Waals surface area contributed by atoms with Crippen LogP contribution >= 0.6 is 0 Å². The van der Waals surface area contributed by atoms with Crippen molar-refractivity contribution in [1.29, 1.82) is 0 Å². The number of amides is 1. The number of nitrogens with zero attached hydrogens (tertiary/aromatic N) is 1. The maximum Gasteiger partial charge on any atom is 0.252 e. The van der Waals surface area contributed by atoms with Crippen molar-refractivity contribution < 1.29 is 80.1 Å². The van der Waals surface area contributed by atoms with Crippen molar-refractivity contribution in [1.82, 2.24) is 9.88 Å². The Bertz CT molecular complexity index is 4490. The number of carbonyl (C=O) groups is 3. The maximum absolute atomic E-state index is 13.9. The van der Waals surface area contributed by atoms with Crippen molar-refractivity contribution in [3.05, 3.63) is 248 Å². The van der Waals surface area contributed by atoms with Crippen molar-refractivity contribution in [2.45, 2.75) is 38.6 Å². The quantitative estimate of drug-likeness (QED) is 0.0527. The van der Waals surface area contributed by atoms with Crippen molar-refractivity contribution in [3.8, 4) is 51.7 Å². The molecule has 0 saturated heterocycles. The number of furan rings is 2. The number of aromatic hydroxyl groups is 3. The van der Waals surface area contributed by atoms with Gasteiger partial charge >= 0.3 is 0 Å². The fourth-order valence-electron chi connectivity index (χ4n) is 11.3. The Labute approximate surface area is 546 Å². The van der Waals surface area contributed by atoms with Crippen LogP contribution in [0.3, 0.4) is 0 Å². The summed E-state index contributed by atoms with van der Waals surface area (Å²) >= 11 is 0. The number of hydrogen-bond donors (Lipinski definition) is 4. The third-order valence-electron chi connectivity index (χ3n) is 16.0. The second-order valence-electron chi connectivity index (χ2n) is 22.1. The molecular weight excluding hydrogens is 1220 g/mol. The molecule has 0 bridgehead atoms. The predicted octanol–water partition coefficient (Wildman–Crippen LogP) is 15.1. The van der Waals surface area contributed by atoms with Gasteiger partial charge in [-0.3, -0.25) is 14.4 Å². The van der Waals surface area contributed by atoms with Gasteiger partial charge in [-0.25, -0.2) is 13.2 Å². The lowest BCUT2D eigenvalue weighted by molar-refractivity contribution is -0.119. The fourth-order valence-corrected chi connectivity index (χ4v) is 11.3. The number of ether oxygens (including phenoxy) is 6. The van der Waals surface area contributed by atoms with Gasteiger partial charge in [-0.1, -0.05) is 24.3 Å². The highest BCUT2D eigenvalue weighted by molar-refractivity contribution is 6.20. The molecule has 9 aromatic rings. The van der Waals surface area contributed by atoms with Crippen molar-refractivity contribution in [3.63, 3.8) is 0 Å². The number of Topliss-reactive ketones (excluding diaryl/α,β-unsaturated/α-hetero) is 2. The molecule has 3 aliphatic rings. The topological polar surface area (TPSA) is 211 Å². The van der Waals surface area contributed by atoms with E-state index in [2.05, 4.69) is 5.32 Å². The molecule has 12 rings (SSSR count). The Morgan fingerprint density at radius 1 is 0.484 bits per heavy atom. The fraction of sp³-hybridized carbons (Fsp3) is 0.171.